The molecule has 19 heavy (non-hydrogen) atoms. The molecule has 0 fully saturated rings. The van der Waals surface area contributed by atoms with Gasteiger partial charge >= 0.3 is 6.03 Å². The second kappa shape index (κ2) is 6.34. The first kappa shape index (κ1) is 15.9. The fraction of sp³-hybridized carbons (Fsp3) is 0.462. The van der Waals surface area contributed by atoms with Gasteiger partial charge in [-0.25, -0.2) is 9.18 Å². The van der Waals surface area contributed by atoms with Crippen molar-refractivity contribution in [1.82, 2.24) is 4.90 Å². The fourth-order valence-corrected chi connectivity index (χ4v) is 1.95. The first-order valence-corrected chi connectivity index (χ1v) is 6.75. The van der Waals surface area contributed by atoms with E-state index in [1.54, 1.807) is 13.8 Å². The van der Waals surface area contributed by atoms with Crippen molar-refractivity contribution in [2.75, 3.05) is 18.4 Å². The summed E-state index contributed by atoms with van der Waals surface area (Å²) >= 11 is 3.06. The quantitative estimate of drug-likeness (QED) is 0.889. The van der Waals surface area contributed by atoms with E-state index < -0.39 is 5.60 Å². The number of nitrogens with one attached hydrogen (secondary N) is 1. The lowest BCUT2D eigenvalue weighted by Crippen LogP contribution is -2.44. The third kappa shape index (κ3) is 5.16. The zero-order valence-electron chi connectivity index (χ0n) is 11.2. The number of hydrogen-bond donors (Lipinski definition) is 2. The van der Waals surface area contributed by atoms with Crippen LogP contribution in [0.15, 0.2) is 22.7 Å². The molecule has 0 aliphatic heterocycles. The van der Waals surface area contributed by atoms with Crippen molar-refractivity contribution >= 4 is 27.6 Å². The highest BCUT2D eigenvalue weighted by atomic mass is 79.9. The predicted molar refractivity (Wildman–Crippen MR) is 76.7 cm³/mol. The maximum atomic E-state index is 13.1. The molecule has 106 valence electrons. The molecule has 1 rings (SSSR count). The van der Waals surface area contributed by atoms with Crippen LogP contribution in [0.5, 0.6) is 0 Å². The molecule has 0 spiro atoms. The number of carbonyl (C=O) groups is 1. The Hall–Kier alpha value is -1.14. The summed E-state index contributed by atoms with van der Waals surface area (Å²) in [5.41, 5.74) is -0.469. The Balaban J connectivity index is 2.74. The molecule has 0 unspecified atom stereocenters. The smallest absolute Gasteiger partial charge is 0.321 e. The van der Waals surface area contributed by atoms with Crippen molar-refractivity contribution < 1.29 is 14.3 Å². The third-order valence-corrected chi connectivity index (χ3v) is 3.03. The first-order valence-electron chi connectivity index (χ1n) is 5.96. The van der Waals surface area contributed by atoms with Gasteiger partial charge in [0.05, 0.1) is 16.6 Å². The summed E-state index contributed by atoms with van der Waals surface area (Å²) in [5, 5.41) is 12.4. The van der Waals surface area contributed by atoms with E-state index in [4.69, 9.17) is 0 Å². The van der Waals surface area contributed by atoms with Gasteiger partial charge in [0, 0.05) is 12.2 Å². The zero-order valence-corrected chi connectivity index (χ0v) is 12.8. The van der Waals surface area contributed by atoms with E-state index in [9.17, 15) is 14.3 Å². The van der Waals surface area contributed by atoms with Crippen molar-refractivity contribution in [3.05, 3.63) is 28.5 Å². The van der Waals surface area contributed by atoms with Crippen LogP contribution in [0.3, 0.4) is 0 Å². The molecule has 6 heteroatoms. The van der Waals surface area contributed by atoms with Gasteiger partial charge in [-0.15, -0.1) is 0 Å². The number of carbonyl (C=O) groups excluding carboxylic acids is 1. The Morgan fingerprint density at radius 3 is 2.63 bits per heavy atom. The molecule has 4 nitrogen and oxygen atoms in total. The first-order chi connectivity index (χ1) is 8.73. The molecule has 0 saturated carbocycles. The van der Waals surface area contributed by atoms with Crippen LogP contribution in [0.25, 0.3) is 0 Å². The summed E-state index contributed by atoms with van der Waals surface area (Å²) in [6.07, 6.45) is 0. The van der Waals surface area contributed by atoms with Crippen LogP contribution in [0.4, 0.5) is 14.9 Å². The van der Waals surface area contributed by atoms with Gasteiger partial charge in [-0.1, -0.05) is 0 Å². The average molecular weight is 333 g/mol. The molecule has 1 aromatic carbocycles. The van der Waals surface area contributed by atoms with Crippen LogP contribution in [-0.4, -0.2) is 34.7 Å². The molecule has 0 bridgehead atoms. The van der Waals surface area contributed by atoms with Crippen LogP contribution in [0, 0.1) is 5.82 Å². The number of anilines is 1. The lowest BCUT2D eigenvalue weighted by molar-refractivity contribution is 0.0501. The molecule has 0 heterocycles. The monoisotopic (exact) mass is 332 g/mol. The number of likely N-dealkylation sites (N-methyl/N-ethyl adjacent to an activating group) is 1. The van der Waals surface area contributed by atoms with Gasteiger partial charge in [0.15, 0.2) is 0 Å². The Bertz CT molecular complexity index is 460. The van der Waals surface area contributed by atoms with Gasteiger partial charge in [-0.3, -0.25) is 0 Å². The fourth-order valence-electron chi connectivity index (χ4n) is 1.57. The van der Waals surface area contributed by atoms with Crippen LogP contribution < -0.4 is 5.32 Å². The second-order valence-corrected chi connectivity index (χ2v) is 5.74. The number of nitrogens with zero attached hydrogens (tertiary/aromatic N) is 1. The van der Waals surface area contributed by atoms with Crippen LogP contribution in [-0.2, 0) is 0 Å². The van der Waals surface area contributed by atoms with Crippen LogP contribution >= 0.6 is 15.9 Å². The van der Waals surface area contributed by atoms with Crippen molar-refractivity contribution in [3.8, 4) is 0 Å². The van der Waals surface area contributed by atoms with E-state index in [2.05, 4.69) is 21.2 Å². The Morgan fingerprint density at radius 2 is 2.16 bits per heavy atom. The molecular formula is C13H18BrFN2O2. The van der Waals surface area contributed by atoms with Crippen molar-refractivity contribution in [1.29, 1.82) is 0 Å². The predicted octanol–water partition coefficient (Wildman–Crippen LogP) is 3.21. The van der Waals surface area contributed by atoms with Gasteiger partial charge in [-0.2, -0.15) is 0 Å². The summed E-state index contributed by atoms with van der Waals surface area (Å²) in [4.78, 5) is 13.5. The lowest BCUT2D eigenvalue weighted by Gasteiger charge is -2.28. The van der Waals surface area contributed by atoms with E-state index in [1.807, 2.05) is 6.92 Å². The molecule has 0 aromatic heterocycles. The average Bonchev–Trinajstić information content (AvgIpc) is 2.29. The van der Waals surface area contributed by atoms with E-state index in [1.165, 1.54) is 23.1 Å². The summed E-state index contributed by atoms with van der Waals surface area (Å²) in [6, 6.07) is 3.91. The summed E-state index contributed by atoms with van der Waals surface area (Å²) in [7, 11) is 0. The van der Waals surface area contributed by atoms with E-state index >= 15 is 0 Å². The highest BCUT2D eigenvalue weighted by Gasteiger charge is 2.21. The number of amides is 2. The number of urea groups is 1. The summed E-state index contributed by atoms with van der Waals surface area (Å²) in [6.45, 7) is 5.79. The van der Waals surface area contributed by atoms with E-state index in [0.717, 1.165) is 0 Å². The molecular weight excluding hydrogens is 315 g/mol. The highest BCUT2D eigenvalue weighted by Crippen LogP contribution is 2.20. The van der Waals surface area contributed by atoms with Crippen molar-refractivity contribution in [3.63, 3.8) is 0 Å². The molecule has 0 atom stereocenters. The lowest BCUT2D eigenvalue weighted by atomic mass is 10.1. The van der Waals surface area contributed by atoms with Gasteiger partial charge in [-0.05, 0) is 54.9 Å². The molecule has 0 aliphatic carbocycles. The minimum atomic E-state index is -0.962. The van der Waals surface area contributed by atoms with Crippen molar-refractivity contribution in [2.45, 2.75) is 26.4 Å². The van der Waals surface area contributed by atoms with Crippen LogP contribution in [0.1, 0.15) is 20.8 Å². The summed E-state index contributed by atoms with van der Waals surface area (Å²) < 4.78 is 13.4. The molecule has 1 aromatic rings. The topological polar surface area (TPSA) is 52.6 Å². The molecule has 0 saturated heterocycles. The number of aliphatic hydroxyl groups is 1. The second-order valence-electron chi connectivity index (χ2n) is 4.89. The largest absolute Gasteiger partial charge is 0.389 e. The number of hydrogen-bond acceptors (Lipinski definition) is 2. The zero-order chi connectivity index (χ0) is 14.6. The highest BCUT2D eigenvalue weighted by molar-refractivity contribution is 9.10. The third-order valence-electron chi connectivity index (χ3n) is 2.42. The van der Waals surface area contributed by atoms with E-state index in [-0.39, 0.29) is 22.9 Å². The Labute approximate surface area is 120 Å². The van der Waals surface area contributed by atoms with Crippen LogP contribution in [0.2, 0.25) is 0 Å². The Morgan fingerprint density at radius 1 is 1.53 bits per heavy atom. The van der Waals surface area contributed by atoms with E-state index in [0.29, 0.717) is 12.2 Å². The number of benzene rings is 1. The molecule has 0 radical (unpaired) electrons. The number of halogens is 2. The van der Waals surface area contributed by atoms with Gasteiger partial charge in [0.2, 0.25) is 0 Å². The normalized spacial score (nSPS) is 11.3. The van der Waals surface area contributed by atoms with Gasteiger partial charge in [0.1, 0.15) is 5.82 Å². The SMILES string of the molecule is CCN(CC(C)(C)O)C(=O)Nc1ccc(F)c(Br)c1. The number of rotatable bonds is 4. The maximum absolute atomic E-state index is 13.1. The standard InChI is InChI=1S/C13H18BrFN2O2/c1-4-17(8-13(2,3)19)12(18)16-9-5-6-11(15)10(14)7-9/h5-7,19H,4,8H2,1-3H3,(H,16,18). The molecule has 2 amide bonds. The minimum absolute atomic E-state index is 0.220. The summed E-state index contributed by atoms with van der Waals surface area (Å²) in [5.74, 6) is -0.387. The molecule has 0 aliphatic rings. The minimum Gasteiger partial charge on any atom is -0.389 e. The van der Waals surface area contributed by atoms with Gasteiger partial charge < -0.3 is 15.3 Å². The van der Waals surface area contributed by atoms with Crippen molar-refractivity contribution in [2.24, 2.45) is 0 Å². The molecule has 2 N–H and O–H groups in total. The maximum Gasteiger partial charge on any atom is 0.321 e. The Kier molecular flexibility index (Phi) is 5.31. The van der Waals surface area contributed by atoms with Gasteiger partial charge in [0.25, 0.3) is 0 Å².